The van der Waals surface area contributed by atoms with E-state index in [0.29, 0.717) is 11.8 Å². The molecule has 1 aromatic heterocycles. The molecular weight excluding hydrogens is 469 g/mol. The summed E-state index contributed by atoms with van der Waals surface area (Å²) in [7, 11) is -4.18. The Labute approximate surface area is 186 Å². The molecule has 0 aliphatic carbocycles. The molecule has 3 rings (SSSR count). The number of halogens is 4. The summed E-state index contributed by atoms with van der Waals surface area (Å²) < 4.78 is 66.0. The number of nitrogens with zero attached hydrogens (tertiary/aromatic N) is 1. The first-order valence-electron chi connectivity index (χ1n) is 8.98. The van der Waals surface area contributed by atoms with E-state index in [4.69, 9.17) is 11.6 Å². The van der Waals surface area contributed by atoms with Gasteiger partial charge >= 0.3 is 12.2 Å². The zero-order valence-corrected chi connectivity index (χ0v) is 17.7. The van der Waals surface area contributed by atoms with Crippen LogP contribution < -0.4 is 15.4 Å². The van der Waals surface area contributed by atoms with Gasteiger partial charge in [-0.2, -0.15) is 13.2 Å². The summed E-state index contributed by atoms with van der Waals surface area (Å²) in [4.78, 5) is 15.7. The molecule has 3 aromatic rings. The number of benzene rings is 2. The van der Waals surface area contributed by atoms with Crippen LogP contribution in [0.3, 0.4) is 0 Å². The molecule has 0 saturated carbocycles. The van der Waals surface area contributed by atoms with Gasteiger partial charge in [-0.05, 0) is 54.1 Å². The van der Waals surface area contributed by atoms with Crippen molar-refractivity contribution in [3.63, 3.8) is 0 Å². The molecule has 1 heterocycles. The molecule has 32 heavy (non-hydrogen) atoms. The number of pyridine rings is 1. The predicted molar refractivity (Wildman–Crippen MR) is 114 cm³/mol. The highest BCUT2D eigenvalue weighted by atomic mass is 35.5. The Morgan fingerprint density at radius 2 is 1.72 bits per heavy atom. The van der Waals surface area contributed by atoms with Crippen LogP contribution in [0.5, 0.6) is 0 Å². The van der Waals surface area contributed by atoms with Crippen molar-refractivity contribution in [1.82, 2.24) is 10.3 Å². The average molecular weight is 485 g/mol. The van der Waals surface area contributed by atoms with Crippen LogP contribution in [0.4, 0.5) is 29.3 Å². The number of aromatic nitrogens is 1. The van der Waals surface area contributed by atoms with Crippen LogP contribution in [0.15, 0.2) is 71.9 Å². The Bertz CT molecular complexity index is 1210. The van der Waals surface area contributed by atoms with E-state index in [-0.39, 0.29) is 17.1 Å². The maximum Gasteiger partial charge on any atom is 0.417 e. The minimum absolute atomic E-state index is 0.206. The average Bonchev–Trinajstić information content (AvgIpc) is 2.74. The van der Waals surface area contributed by atoms with Gasteiger partial charge in [0.15, 0.2) is 0 Å². The van der Waals surface area contributed by atoms with Gasteiger partial charge < -0.3 is 10.6 Å². The fourth-order valence-corrected chi connectivity index (χ4v) is 3.87. The van der Waals surface area contributed by atoms with Crippen molar-refractivity contribution in [3.8, 4) is 0 Å². The summed E-state index contributed by atoms with van der Waals surface area (Å²) in [6.07, 6.45) is -1.52. The van der Waals surface area contributed by atoms with E-state index in [1.54, 1.807) is 24.5 Å². The molecule has 0 unspecified atom stereocenters. The highest BCUT2D eigenvalue weighted by Crippen LogP contribution is 2.36. The first kappa shape index (κ1) is 23.4. The Morgan fingerprint density at radius 1 is 1.03 bits per heavy atom. The molecule has 0 fully saturated rings. The fourth-order valence-electron chi connectivity index (χ4n) is 2.60. The largest absolute Gasteiger partial charge is 0.417 e. The van der Waals surface area contributed by atoms with E-state index in [0.717, 1.165) is 17.7 Å². The molecule has 2 amide bonds. The maximum absolute atomic E-state index is 13.0. The molecule has 168 valence electrons. The van der Waals surface area contributed by atoms with E-state index in [2.05, 4.69) is 20.3 Å². The number of rotatable bonds is 6. The third-order valence-corrected chi connectivity index (χ3v) is 5.85. The molecule has 0 spiro atoms. The number of nitrogens with one attached hydrogen (secondary N) is 3. The molecule has 0 bridgehead atoms. The third kappa shape index (κ3) is 6.11. The fraction of sp³-hybridized carbons (Fsp3) is 0.100. The number of urea groups is 1. The Morgan fingerprint density at radius 3 is 2.34 bits per heavy atom. The van der Waals surface area contributed by atoms with Gasteiger partial charge in [0.2, 0.25) is 0 Å². The summed E-state index contributed by atoms with van der Waals surface area (Å²) in [5.41, 5.74) is -0.334. The smallest absolute Gasteiger partial charge is 0.334 e. The van der Waals surface area contributed by atoms with Gasteiger partial charge in [0.05, 0.1) is 15.5 Å². The van der Waals surface area contributed by atoms with Crippen LogP contribution in [-0.2, 0) is 22.7 Å². The zero-order chi connectivity index (χ0) is 23.4. The van der Waals surface area contributed by atoms with Gasteiger partial charge in [-0.15, -0.1) is 0 Å². The number of alkyl halides is 3. The van der Waals surface area contributed by atoms with Crippen molar-refractivity contribution in [2.24, 2.45) is 0 Å². The monoisotopic (exact) mass is 484 g/mol. The van der Waals surface area contributed by atoms with Crippen molar-refractivity contribution in [3.05, 3.63) is 83.1 Å². The Kier molecular flexibility index (Phi) is 6.90. The lowest BCUT2D eigenvalue weighted by Crippen LogP contribution is -2.28. The molecule has 7 nitrogen and oxygen atoms in total. The second kappa shape index (κ2) is 9.45. The SMILES string of the molecule is O=C(NCc1cccnc1)Nc1ccc(S(=O)(=O)Nc2ccc(Cl)c(C(F)(F)F)c2)cc1. The number of hydrogen-bond donors (Lipinski definition) is 3. The highest BCUT2D eigenvalue weighted by Gasteiger charge is 2.33. The molecule has 3 N–H and O–H groups in total. The molecule has 0 atom stereocenters. The van der Waals surface area contributed by atoms with Crippen LogP contribution in [0.25, 0.3) is 0 Å². The number of carbonyl (C=O) groups excluding carboxylic acids is 1. The topological polar surface area (TPSA) is 100 Å². The van der Waals surface area contributed by atoms with Crippen molar-refractivity contribution in [2.45, 2.75) is 17.6 Å². The maximum atomic E-state index is 13.0. The molecule has 0 aliphatic rings. The van der Waals surface area contributed by atoms with E-state index in [1.807, 2.05) is 0 Å². The number of anilines is 2. The van der Waals surface area contributed by atoms with Gasteiger partial charge in [0.1, 0.15) is 0 Å². The van der Waals surface area contributed by atoms with Gasteiger partial charge in [0, 0.05) is 30.3 Å². The number of carbonyl (C=O) groups is 1. The van der Waals surface area contributed by atoms with Crippen LogP contribution in [0.2, 0.25) is 5.02 Å². The van der Waals surface area contributed by atoms with E-state index in [9.17, 15) is 26.4 Å². The molecule has 0 aliphatic heterocycles. The van der Waals surface area contributed by atoms with Crippen molar-refractivity contribution < 1.29 is 26.4 Å². The molecule has 12 heteroatoms. The third-order valence-electron chi connectivity index (χ3n) is 4.12. The number of sulfonamides is 1. The first-order valence-corrected chi connectivity index (χ1v) is 10.8. The highest BCUT2D eigenvalue weighted by molar-refractivity contribution is 7.92. The Hall–Kier alpha value is -3.31. The minimum Gasteiger partial charge on any atom is -0.334 e. The quantitative estimate of drug-likeness (QED) is 0.464. The van der Waals surface area contributed by atoms with Gasteiger partial charge in [-0.25, -0.2) is 13.2 Å². The van der Waals surface area contributed by atoms with E-state index < -0.39 is 32.8 Å². The molecular formula is C20H16ClF3N4O3S. The zero-order valence-electron chi connectivity index (χ0n) is 16.2. The van der Waals surface area contributed by atoms with Gasteiger partial charge in [-0.3, -0.25) is 9.71 Å². The van der Waals surface area contributed by atoms with Crippen molar-refractivity contribution in [2.75, 3.05) is 10.0 Å². The summed E-state index contributed by atoms with van der Waals surface area (Å²) >= 11 is 5.55. The van der Waals surface area contributed by atoms with Gasteiger partial charge in [0.25, 0.3) is 10.0 Å². The first-order chi connectivity index (χ1) is 15.0. The molecule has 0 saturated heterocycles. The minimum atomic E-state index is -4.73. The lowest BCUT2D eigenvalue weighted by molar-refractivity contribution is -0.137. The van der Waals surface area contributed by atoms with Gasteiger partial charge in [-0.1, -0.05) is 17.7 Å². The standard InChI is InChI=1S/C20H16ClF3N4O3S/c21-18-8-5-15(10-17(18)20(22,23)24)28-32(30,31)16-6-3-14(4-7-16)27-19(29)26-12-13-2-1-9-25-11-13/h1-11,28H,12H2,(H2,26,27,29). The lowest BCUT2D eigenvalue weighted by atomic mass is 10.2. The van der Waals surface area contributed by atoms with Crippen molar-refractivity contribution >= 4 is 39.0 Å². The van der Waals surface area contributed by atoms with E-state index in [1.165, 1.54) is 24.3 Å². The molecule has 2 aromatic carbocycles. The number of amides is 2. The predicted octanol–water partition coefficient (Wildman–Crippen LogP) is 4.88. The summed E-state index contributed by atoms with van der Waals surface area (Å²) in [5, 5.41) is 4.63. The lowest BCUT2D eigenvalue weighted by Gasteiger charge is -2.13. The summed E-state index contributed by atoms with van der Waals surface area (Å²) in [6, 6.07) is 10.8. The second-order valence-corrected chi connectivity index (χ2v) is 8.58. The number of hydrogen-bond acceptors (Lipinski definition) is 4. The van der Waals surface area contributed by atoms with Crippen LogP contribution in [0, 0.1) is 0 Å². The Balaban J connectivity index is 1.65. The summed E-state index contributed by atoms with van der Waals surface area (Å²) in [5.74, 6) is 0. The molecule has 0 radical (unpaired) electrons. The van der Waals surface area contributed by atoms with Crippen LogP contribution in [-0.4, -0.2) is 19.4 Å². The van der Waals surface area contributed by atoms with Crippen LogP contribution in [0.1, 0.15) is 11.1 Å². The van der Waals surface area contributed by atoms with E-state index >= 15 is 0 Å². The normalized spacial score (nSPS) is 11.6. The second-order valence-electron chi connectivity index (χ2n) is 6.49. The summed E-state index contributed by atoms with van der Waals surface area (Å²) in [6.45, 7) is 0.247. The van der Waals surface area contributed by atoms with Crippen molar-refractivity contribution in [1.29, 1.82) is 0 Å². The van der Waals surface area contributed by atoms with Crippen LogP contribution >= 0.6 is 11.6 Å².